The van der Waals surface area contributed by atoms with Crippen LogP contribution in [0.3, 0.4) is 0 Å². The summed E-state index contributed by atoms with van der Waals surface area (Å²) in [4.78, 5) is 4.15. The molecule has 3 nitrogen and oxygen atoms in total. The van der Waals surface area contributed by atoms with Crippen molar-refractivity contribution >= 4 is 33.3 Å². The van der Waals surface area contributed by atoms with Crippen LogP contribution in [-0.2, 0) is 0 Å². The van der Waals surface area contributed by atoms with E-state index in [1.165, 1.54) is 0 Å². The minimum atomic E-state index is -0.00465. The Morgan fingerprint density at radius 2 is 2.27 bits per heavy atom. The van der Waals surface area contributed by atoms with Gasteiger partial charge >= 0.3 is 0 Å². The van der Waals surface area contributed by atoms with Gasteiger partial charge in [-0.1, -0.05) is 25.4 Å². The van der Waals surface area contributed by atoms with E-state index in [1.54, 1.807) is 12.3 Å². The summed E-state index contributed by atoms with van der Waals surface area (Å²) in [6.45, 7) is 4.16. The summed E-state index contributed by atoms with van der Waals surface area (Å²) in [5.41, 5.74) is 0. The lowest BCUT2D eigenvalue weighted by Crippen LogP contribution is -2.29. The summed E-state index contributed by atoms with van der Waals surface area (Å²) in [7, 11) is 0. The van der Waals surface area contributed by atoms with Crippen LogP contribution in [-0.4, -0.2) is 22.7 Å². The van der Waals surface area contributed by atoms with Crippen LogP contribution in [0.4, 0.5) is 5.82 Å². The Morgan fingerprint density at radius 1 is 1.60 bits per heavy atom. The van der Waals surface area contributed by atoms with Gasteiger partial charge in [-0.15, -0.1) is 0 Å². The Kier molecular flexibility index (Phi) is 4.83. The fourth-order valence-electron chi connectivity index (χ4n) is 1.12. The van der Waals surface area contributed by atoms with E-state index in [-0.39, 0.29) is 12.6 Å². The number of aliphatic hydroxyl groups is 1. The van der Waals surface area contributed by atoms with Gasteiger partial charge < -0.3 is 10.4 Å². The van der Waals surface area contributed by atoms with Crippen LogP contribution in [0.2, 0.25) is 5.02 Å². The Balaban J connectivity index is 2.79. The molecule has 0 spiro atoms. The largest absolute Gasteiger partial charge is 0.394 e. The maximum absolute atomic E-state index is 9.17. The van der Waals surface area contributed by atoms with E-state index in [9.17, 15) is 5.11 Å². The molecule has 0 aliphatic heterocycles. The highest BCUT2D eigenvalue weighted by Crippen LogP contribution is 2.24. The lowest BCUT2D eigenvalue weighted by molar-refractivity contribution is 0.249. The van der Waals surface area contributed by atoms with Crippen molar-refractivity contribution in [2.75, 3.05) is 11.9 Å². The van der Waals surface area contributed by atoms with E-state index in [0.29, 0.717) is 16.8 Å². The number of pyridine rings is 1. The van der Waals surface area contributed by atoms with Crippen molar-refractivity contribution in [3.63, 3.8) is 0 Å². The topological polar surface area (TPSA) is 45.1 Å². The summed E-state index contributed by atoms with van der Waals surface area (Å²) >= 11 is 9.14. The first-order valence-corrected chi connectivity index (χ1v) is 5.90. The number of nitrogens with one attached hydrogen (secondary N) is 1. The molecule has 0 saturated heterocycles. The summed E-state index contributed by atoms with van der Waals surface area (Å²) in [6.07, 6.45) is 1.57. The zero-order chi connectivity index (χ0) is 11.4. The molecular formula is C10H14BrClN2O. The summed E-state index contributed by atoms with van der Waals surface area (Å²) in [5.74, 6) is 1.03. The second kappa shape index (κ2) is 5.68. The molecular weight excluding hydrogens is 279 g/mol. The zero-order valence-corrected chi connectivity index (χ0v) is 11.0. The smallest absolute Gasteiger partial charge is 0.140 e. The molecule has 1 rings (SSSR count). The monoisotopic (exact) mass is 292 g/mol. The van der Waals surface area contributed by atoms with Crippen LogP contribution >= 0.6 is 27.5 Å². The van der Waals surface area contributed by atoms with Crippen LogP contribution in [0.15, 0.2) is 16.7 Å². The first kappa shape index (κ1) is 12.7. The van der Waals surface area contributed by atoms with Crippen LogP contribution in [0.1, 0.15) is 13.8 Å². The van der Waals surface area contributed by atoms with Gasteiger partial charge in [-0.2, -0.15) is 0 Å². The van der Waals surface area contributed by atoms with Crippen LogP contribution < -0.4 is 5.32 Å². The minimum absolute atomic E-state index is 0.00465. The molecule has 0 aliphatic carbocycles. The van der Waals surface area contributed by atoms with Crippen molar-refractivity contribution in [1.29, 1.82) is 0 Å². The molecule has 15 heavy (non-hydrogen) atoms. The standard InChI is InChI=1S/C10H14BrClN2O/c1-6(2)9(5-15)14-10-8(11)3-7(12)4-13-10/h3-4,6,9,15H,5H2,1-2H3,(H,13,14). The fraction of sp³-hybridized carbons (Fsp3) is 0.500. The zero-order valence-electron chi connectivity index (χ0n) is 8.67. The van der Waals surface area contributed by atoms with Crippen molar-refractivity contribution < 1.29 is 5.11 Å². The molecule has 0 fully saturated rings. The number of nitrogens with zero attached hydrogens (tertiary/aromatic N) is 1. The number of hydrogen-bond acceptors (Lipinski definition) is 3. The van der Waals surface area contributed by atoms with E-state index in [4.69, 9.17) is 11.6 Å². The second-order valence-corrected chi connectivity index (χ2v) is 4.95. The molecule has 1 atom stereocenters. The predicted octanol–water partition coefficient (Wildman–Crippen LogP) is 2.93. The lowest BCUT2D eigenvalue weighted by atomic mass is 10.1. The number of anilines is 1. The van der Waals surface area contributed by atoms with E-state index >= 15 is 0 Å². The normalized spacial score (nSPS) is 12.9. The third kappa shape index (κ3) is 3.63. The highest BCUT2D eigenvalue weighted by molar-refractivity contribution is 9.10. The van der Waals surface area contributed by atoms with Gasteiger partial charge in [-0.3, -0.25) is 0 Å². The Morgan fingerprint density at radius 3 is 2.73 bits per heavy atom. The van der Waals surface area contributed by atoms with Gasteiger partial charge in [0, 0.05) is 6.20 Å². The summed E-state index contributed by atoms with van der Waals surface area (Å²) in [6, 6.07) is 1.76. The minimum Gasteiger partial charge on any atom is -0.394 e. The van der Waals surface area contributed by atoms with Gasteiger partial charge in [0.25, 0.3) is 0 Å². The summed E-state index contributed by atoms with van der Waals surface area (Å²) in [5, 5.41) is 12.9. The Bertz CT molecular complexity index is 333. The predicted molar refractivity (Wildman–Crippen MR) is 66.3 cm³/mol. The molecule has 0 aromatic carbocycles. The van der Waals surface area contributed by atoms with Crippen LogP contribution in [0.5, 0.6) is 0 Å². The lowest BCUT2D eigenvalue weighted by Gasteiger charge is -2.21. The maximum Gasteiger partial charge on any atom is 0.140 e. The summed E-state index contributed by atoms with van der Waals surface area (Å²) < 4.78 is 0.800. The van der Waals surface area contributed by atoms with Gasteiger partial charge in [-0.25, -0.2) is 4.98 Å². The molecule has 0 amide bonds. The maximum atomic E-state index is 9.17. The number of aromatic nitrogens is 1. The molecule has 1 heterocycles. The molecule has 2 N–H and O–H groups in total. The number of halogens is 2. The average molecular weight is 294 g/mol. The van der Waals surface area contributed by atoms with E-state index in [0.717, 1.165) is 4.47 Å². The van der Waals surface area contributed by atoms with Gasteiger partial charge in [0.2, 0.25) is 0 Å². The van der Waals surface area contributed by atoms with Crippen molar-refractivity contribution in [3.8, 4) is 0 Å². The van der Waals surface area contributed by atoms with Crippen molar-refractivity contribution in [2.45, 2.75) is 19.9 Å². The van der Waals surface area contributed by atoms with Gasteiger partial charge in [-0.05, 0) is 27.9 Å². The molecule has 0 saturated carbocycles. The SMILES string of the molecule is CC(C)C(CO)Nc1ncc(Cl)cc1Br. The van der Waals surface area contributed by atoms with Crippen molar-refractivity contribution in [2.24, 2.45) is 5.92 Å². The van der Waals surface area contributed by atoms with E-state index in [2.05, 4.69) is 26.2 Å². The number of rotatable bonds is 4. The van der Waals surface area contributed by atoms with Crippen molar-refractivity contribution in [1.82, 2.24) is 4.98 Å². The second-order valence-electron chi connectivity index (χ2n) is 3.66. The Hall–Kier alpha value is -0.320. The van der Waals surface area contributed by atoms with Crippen LogP contribution in [0.25, 0.3) is 0 Å². The molecule has 0 radical (unpaired) electrons. The van der Waals surface area contributed by atoms with E-state index in [1.807, 2.05) is 13.8 Å². The Labute approximate surface area is 103 Å². The molecule has 0 aliphatic rings. The highest BCUT2D eigenvalue weighted by atomic mass is 79.9. The third-order valence-corrected chi connectivity index (χ3v) is 2.94. The van der Waals surface area contributed by atoms with Crippen molar-refractivity contribution in [3.05, 3.63) is 21.8 Å². The first-order chi connectivity index (χ1) is 7.04. The molecule has 0 bridgehead atoms. The van der Waals surface area contributed by atoms with Gasteiger partial charge in [0.1, 0.15) is 5.82 Å². The molecule has 84 valence electrons. The molecule has 1 aromatic rings. The van der Waals surface area contributed by atoms with E-state index < -0.39 is 0 Å². The third-order valence-electron chi connectivity index (χ3n) is 2.13. The number of aliphatic hydroxyl groups excluding tert-OH is 1. The molecule has 1 unspecified atom stereocenters. The van der Waals surface area contributed by atoms with Gasteiger partial charge in [0.15, 0.2) is 0 Å². The average Bonchev–Trinajstić information content (AvgIpc) is 2.16. The van der Waals surface area contributed by atoms with Gasteiger partial charge in [0.05, 0.1) is 22.1 Å². The van der Waals surface area contributed by atoms with Crippen LogP contribution in [0, 0.1) is 5.92 Å². The molecule has 5 heteroatoms. The number of hydrogen-bond donors (Lipinski definition) is 2. The molecule has 1 aromatic heterocycles. The fourth-order valence-corrected chi connectivity index (χ4v) is 1.87. The highest BCUT2D eigenvalue weighted by Gasteiger charge is 2.13. The quantitative estimate of drug-likeness (QED) is 0.897. The first-order valence-electron chi connectivity index (χ1n) is 4.73.